The molecule has 0 aromatic carbocycles. The zero-order valence-electron chi connectivity index (χ0n) is 6.29. The van der Waals surface area contributed by atoms with Gasteiger partial charge in [0.25, 0.3) is 0 Å². The van der Waals surface area contributed by atoms with Gasteiger partial charge in [0.1, 0.15) is 0 Å². The van der Waals surface area contributed by atoms with Crippen molar-refractivity contribution in [2.75, 3.05) is 7.11 Å². The lowest BCUT2D eigenvalue weighted by atomic mass is 10.0. The molecule has 0 rings (SSSR count). The van der Waals surface area contributed by atoms with E-state index in [-0.39, 0.29) is 0 Å². The van der Waals surface area contributed by atoms with Crippen LogP contribution in [0.15, 0.2) is 0 Å². The highest BCUT2D eigenvalue weighted by molar-refractivity contribution is 5.79. The van der Waals surface area contributed by atoms with Crippen molar-refractivity contribution in [3.63, 3.8) is 0 Å². The van der Waals surface area contributed by atoms with Crippen molar-refractivity contribution < 1.29 is 19.7 Å². The van der Waals surface area contributed by atoms with Crippen LogP contribution in [0.4, 0.5) is 0 Å². The molecule has 4 nitrogen and oxygen atoms in total. The van der Waals surface area contributed by atoms with Gasteiger partial charge in [-0.25, -0.2) is 4.79 Å². The summed E-state index contributed by atoms with van der Waals surface area (Å²) in [5, 5.41) is 18.0. The number of aliphatic hydroxyl groups excluding tert-OH is 1. The van der Waals surface area contributed by atoms with E-state index in [9.17, 15) is 4.79 Å². The molecule has 0 radical (unpaired) electrons. The molecule has 4 heteroatoms. The molecule has 0 unspecified atom stereocenters. The molecule has 0 saturated carbocycles. The van der Waals surface area contributed by atoms with Crippen molar-refractivity contribution >= 4 is 5.97 Å². The van der Waals surface area contributed by atoms with Crippen LogP contribution in [-0.4, -0.2) is 35.0 Å². The molecular weight excluding hydrogens is 136 g/mol. The van der Waals surface area contributed by atoms with E-state index >= 15 is 0 Å². The Morgan fingerprint density at radius 1 is 1.70 bits per heavy atom. The minimum absolute atomic E-state index is 0.831. The summed E-state index contributed by atoms with van der Waals surface area (Å²) < 4.78 is 4.23. The molecule has 2 N–H and O–H groups in total. The van der Waals surface area contributed by atoms with E-state index in [2.05, 4.69) is 4.74 Å². The Morgan fingerprint density at radius 2 is 2.10 bits per heavy atom. The van der Waals surface area contributed by atoms with Crippen molar-refractivity contribution in [3.05, 3.63) is 0 Å². The summed E-state index contributed by atoms with van der Waals surface area (Å²) in [6.07, 6.45) is -1.13. The smallest absolute Gasteiger partial charge is 0.340 e. The van der Waals surface area contributed by atoms with Gasteiger partial charge in [-0.3, -0.25) is 0 Å². The summed E-state index contributed by atoms with van der Waals surface area (Å²) in [6, 6.07) is 0. The van der Waals surface area contributed by atoms with Crippen LogP contribution in [0.25, 0.3) is 0 Å². The minimum atomic E-state index is -1.80. The van der Waals surface area contributed by atoms with Crippen molar-refractivity contribution in [1.29, 1.82) is 0 Å². The Kier molecular flexibility index (Phi) is 2.80. The van der Waals surface area contributed by atoms with E-state index in [0.717, 1.165) is 7.11 Å². The Morgan fingerprint density at radius 3 is 2.20 bits per heavy atom. The Hall–Kier alpha value is -0.610. The molecule has 2 atom stereocenters. The maximum Gasteiger partial charge on any atom is 0.340 e. The molecule has 0 spiro atoms. The number of aliphatic hydroxyl groups is 2. The van der Waals surface area contributed by atoms with E-state index < -0.39 is 17.7 Å². The number of carbonyl (C=O) groups excluding carboxylic acids is 1. The molecule has 0 amide bonds. The number of esters is 1. The normalized spacial score (nSPS) is 19.3. The lowest BCUT2D eigenvalue weighted by Gasteiger charge is -2.22. The number of carbonyl (C=O) groups is 1. The van der Waals surface area contributed by atoms with Crippen LogP contribution in [-0.2, 0) is 9.53 Å². The number of methoxy groups -OCH3 is 1. The standard InChI is InChI=1S/C6H12O4/c1-4(7)6(2,9)5(8)10-3/h4,7,9H,1-3H3/t4-,6+/m1/s1. The number of hydrogen-bond donors (Lipinski definition) is 2. The summed E-state index contributed by atoms with van der Waals surface area (Å²) in [5.74, 6) is -0.831. The fourth-order valence-electron chi connectivity index (χ4n) is 0.377. The first-order chi connectivity index (χ1) is 4.42. The highest BCUT2D eigenvalue weighted by atomic mass is 16.5. The van der Waals surface area contributed by atoms with E-state index in [1.807, 2.05) is 0 Å². The largest absolute Gasteiger partial charge is 0.467 e. The predicted molar refractivity (Wildman–Crippen MR) is 34.3 cm³/mol. The average molecular weight is 148 g/mol. The van der Waals surface area contributed by atoms with Gasteiger partial charge in [0.05, 0.1) is 13.2 Å². The monoisotopic (exact) mass is 148 g/mol. The molecule has 10 heavy (non-hydrogen) atoms. The number of rotatable bonds is 2. The van der Waals surface area contributed by atoms with Crippen molar-refractivity contribution in [1.82, 2.24) is 0 Å². The van der Waals surface area contributed by atoms with Crippen molar-refractivity contribution in [2.24, 2.45) is 0 Å². The second-order valence-electron chi connectivity index (χ2n) is 2.32. The van der Waals surface area contributed by atoms with Crippen molar-refractivity contribution in [2.45, 2.75) is 25.6 Å². The molecule has 0 heterocycles. The van der Waals surface area contributed by atoms with Gasteiger partial charge in [-0.15, -0.1) is 0 Å². The summed E-state index contributed by atoms with van der Waals surface area (Å²) in [5.41, 5.74) is -1.80. The molecule has 0 aromatic heterocycles. The summed E-state index contributed by atoms with van der Waals surface area (Å²) in [6.45, 7) is 2.51. The van der Waals surface area contributed by atoms with E-state index in [1.165, 1.54) is 13.8 Å². The third-order valence-electron chi connectivity index (χ3n) is 1.41. The highest BCUT2D eigenvalue weighted by Gasteiger charge is 2.36. The number of hydrogen-bond acceptors (Lipinski definition) is 4. The molecule has 0 aliphatic heterocycles. The minimum Gasteiger partial charge on any atom is -0.467 e. The zero-order chi connectivity index (χ0) is 8.36. The van der Waals surface area contributed by atoms with Crippen LogP contribution in [0.5, 0.6) is 0 Å². The Bertz CT molecular complexity index is 128. The van der Waals surface area contributed by atoms with E-state index in [1.54, 1.807) is 0 Å². The fourth-order valence-corrected chi connectivity index (χ4v) is 0.377. The topological polar surface area (TPSA) is 66.8 Å². The van der Waals surface area contributed by atoms with Gasteiger partial charge < -0.3 is 14.9 Å². The predicted octanol–water partition coefficient (Wildman–Crippen LogP) is -0.709. The Balaban J connectivity index is 4.24. The third kappa shape index (κ3) is 1.68. The van der Waals surface area contributed by atoms with Crippen LogP contribution >= 0.6 is 0 Å². The van der Waals surface area contributed by atoms with Crippen LogP contribution in [0.3, 0.4) is 0 Å². The second kappa shape index (κ2) is 2.98. The zero-order valence-corrected chi connectivity index (χ0v) is 6.29. The van der Waals surface area contributed by atoms with Gasteiger partial charge in [0.15, 0.2) is 5.60 Å². The fraction of sp³-hybridized carbons (Fsp3) is 0.833. The summed E-state index contributed by atoms with van der Waals surface area (Å²) in [7, 11) is 1.15. The van der Waals surface area contributed by atoms with E-state index in [0.29, 0.717) is 0 Å². The van der Waals surface area contributed by atoms with Gasteiger partial charge in [-0.1, -0.05) is 0 Å². The van der Waals surface area contributed by atoms with Gasteiger partial charge >= 0.3 is 5.97 Å². The van der Waals surface area contributed by atoms with Crippen LogP contribution in [0.2, 0.25) is 0 Å². The second-order valence-corrected chi connectivity index (χ2v) is 2.32. The van der Waals surface area contributed by atoms with Crippen molar-refractivity contribution in [3.8, 4) is 0 Å². The molecule has 0 aliphatic carbocycles. The molecule has 0 aliphatic rings. The lowest BCUT2D eigenvalue weighted by Crippen LogP contribution is -2.45. The highest BCUT2D eigenvalue weighted by Crippen LogP contribution is 2.10. The van der Waals surface area contributed by atoms with Crippen LogP contribution in [0.1, 0.15) is 13.8 Å². The first kappa shape index (κ1) is 9.39. The van der Waals surface area contributed by atoms with Gasteiger partial charge in [0.2, 0.25) is 0 Å². The van der Waals surface area contributed by atoms with Crippen LogP contribution < -0.4 is 0 Å². The Labute approximate surface area is 59.4 Å². The van der Waals surface area contributed by atoms with Gasteiger partial charge in [-0.05, 0) is 13.8 Å². The molecule has 0 fully saturated rings. The third-order valence-corrected chi connectivity index (χ3v) is 1.41. The molecule has 0 bridgehead atoms. The SMILES string of the molecule is COC(=O)[C@@](C)(O)[C@@H](C)O. The quantitative estimate of drug-likeness (QED) is 0.508. The maximum absolute atomic E-state index is 10.6. The molecule has 0 aromatic rings. The van der Waals surface area contributed by atoms with Gasteiger partial charge in [0, 0.05) is 0 Å². The summed E-state index contributed by atoms with van der Waals surface area (Å²) >= 11 is 0. The molecule has 60 valence electrons. The first-order valence-electron chi connectivity index (χ1n) is 2.91. The maximum atomic E-state index is 10.6. The van der Waals surface area contributed by atoms with Crippen LogP contribution in [0, 0.1) is 0 Å². The first-order valence-corrected chi connectivity index (χ1v) is 2.91. The lowest BCUT2D eigenvalue weighted by molar-refractivity contribution is -0.170. The molecule has 0 saturated heterocycles. The van der Waals surface area contributed by atoms with Gasteiger partial charge in [-0.2, -0.15) is 0 Å². The average Bonchev–Trinajstić information content (AvgIpc) is 1.86. The van der Waals surface area contributed by atoms with E-state index in [4.69, 9.17) is 10.2 Å². The molecular formula is C6H12O4. The number of ether oxygens (including phenoxy) is 1. The summed E-state index contributed by atoms with van der Waals surface area (Å²) in [4.78, 5) is 10.6.